The minimum Gasteiger partial charge on any atom is -0.483 e. The fraction of sp³-hybridized carbons (Fsp3) is 0.368. The summed E-state index contributed by atoms with van der Waals surface area (Å²) in [6, 6.07) is 11.9. The number of aryl methyl sites for hydroxylation is 1. The average Bonchev–Trinajstić information content (AvgIpc) is 2.67. The number of aromatic nitrogens is 1. The van der Waals surface area contributed by atoms with Gasteiger partial charge in [0, 0.05) is 44.3 Å². The van der Waals surface area contributed by atoms with Crippen LogP contribution in [0.3, 0.4) is 0 Å². The molecule has 2 aromatic rings. The lowest BCUT2D eigenvalue weighted by molar-refractivity contribution is -0.133. The zero-order valence-electron chi connectivity index (χ0n) is 14.0. The highest BCUT2D eigenvalue weighted by molar-refractivity contribution is 5.78. The van der Waals surface area contributed by atoms with E-state index in [9.17, 15) is 4.79 Å². The topological polar surface area (TPSA) is 45.7 Å². The molecule has 0 unspecified atom stereocenters. The van der Waals surface area contributed by atoms with E-state index in [0.717, 1.165) is 49.6 Å². The zero-order chi connectivity index (χ0) is 16.8. The number of anilines is 1. The third-order valence-corrected chi connectivity index (χ3v) is 4.36. The number of benzene rings is 1. The van der Waals surface area contributed by atoms with E-state index >= 15 is 0 Å². The molecule has 1 aromatic heterocycles. The first-order valence-corrected chi connectivity index (χ1v) is 8.41. The van der Waals surface area contributed by atoms with Crippen LogP contribution in [0.15, 0.2) is 48.8 Å². The van der Waals surface area contributed by atoms with Crippen molar-refractivity contribution in [3.8, 4) is 5.75 Å². The van der Waals surface area contributed by atoms with Crippen molar-refractivity contribution in [1.29, 1.82) is 0 Å². The fourth-order valence-electron chi connectivity index (χ4n) is 2.94. The average molecular weight is 325 g/mol. The van der Waals surface area contributed by atoms with Crippen molar-refractivity contribution >= 4 is 11.6 Å². The van der Waals surface area contributed by atoms with E-state index in [1.807, 2.05) is 41.3 Å². The van der Waals surface area contributed by atoms with Gasteiger partial charge in [0.1, 0.15) is 5.75 Å². The van der Waals surface area contributed by atoms with Gasteiger partial charge in [0.2, 0.25) is 0 Å². The third-order valence-electron chi connectivity index (χ3n) is 4.36. The molecule has 24 heavy (non-hydrogen) atoms. The number of nitrogens with zero attached hydrogens (tertiary/aromatic N) is 3. The van der Waals surface area contributed by atoms with Crippen LogP contribution in [-0.2, 0) is 11.2 Å². The Morgan fingerprint density at radius 1 is 1.08 bits per heavy atom. The highest BCUT2D eigenvalue weighted by Crippen LogP contribution is 2.19. The summed E-state index contributed by atoms with van der Waals surface area (Å²) in [6.07, 6.45) is 4.49. The van der Waals surface area contributed by atoms with E-state index in [4.69, 9.17) is 4.74 Å². The quantitative estimate of drug-likeness (QED) is 0.847. The Kier molecular flexibility index (Phi) is 5.31. The van der Waals surface area contributed by atoms with Crippen molar-refractivity contribution in [2.24, 2.45) is 0 Å². The van der Waals surface area contributed by atoms with Gasteiger partial charge in [0.25, 0.3) is 5.91 Å². The number of pyridine rings is 1. The third kappa shape index (κ3) is 3.85. The zero-order valence-corrected chi connectivity index (χ0v) is 14.0. The van der Waals surface area contributed by atoms with E-state index in [1.165, 1.54) is 0 Å². The first-order valence-electron chi connectivity index (χ1n) is 8.41. The van der Waals surface area contributed by atoms with Gasteiger partial charge < -0.3 is 14.5 Å². The molecule has 0 radical (unpaired) electrons. The smallest absolute Gasteiger partial charge is 0.260 e. The number of carbonyl (C=O) groups is 1. The summed E-state index contributed by atoms with van der Waals surface area (Å²) < 4.78 is 5.74. The number of amides is 1. The maximum atomic E-state index is 12.4. The summed E-state index contributed by atoms with van der Waals surface area (Å²) in [7, 11) is 0. The molecule has 126 valence electrons. The molecule has 1 aliphatic heterocycles. The van der Waals surface area contributed by atoms with E-state index in [1.54, 1.807) is 12.4 Å². The second-order valence-electron chi connectivity index (χ2n) is 5.82. The lowest BCUT2D eigenvalue weighted by Gasteiger charge is -2.36. The van der Waals surface area contributed by atoms with Crippen molar-refractivity contribution < 1.29 is 9.53 Å². The van der Waals surface area contributed by atoms with Gasteiger partial charge in [-0.1, -0.05) is 25.1 Å². The first kappa shape index (κ1) is 16.3. The Morgan fingerprint density at radius 2 is 1.79 bits per heavy atom. The van der Waals surface area contributed by atoms with Gasteiger partial charge in [0.15, 0.2) is 6.61 Å². The number of ether oxygens (including phenoxy) is 1. The van der Waals surface area contributed by atoms with E-state index in [-0.39, 0.29) is 12.5 Å². The maximum Gasteiger partial charge on any atom is 0.260 e. The molecule has 0 atom stereocenters. The molecule has 0 N–H and O–H groups in total. The van der Waals surface area contributed by atoms with Crippen LogP contribution in [0.4, 0.5) is 5.69 Å². The minimum atomic E-state index is 0.0512. The summed E-state index contributed by atoms with van der Waals surface area (Å²) >= 11 is 0. The highest BCUT2D eigenvalue weighted by atomic mass is 16.5. The van der Waals surface area contributed by atoms with E-state index in [2.05, 4.69) is 16.8 Å². The van der Waals surface area contributed by atoms with Gasteiger partial charge >= 0.3 is 0 Å². The van der Waals surface area contributed by atoms with Crippen LogP contribution in [-0.4, -0.2) is 48.6 Å². The molecule has 3 rings (SSSR count). The van der Waals surface area contributed by atoms with Gasteiger partial charge in [-0.2, -0.15) is 0 Å². The van der Waals surface area contributed by atoms with Crippen LogP contribution < -0.4 is 9.64 Å². The number of rotatable bonds is 5. The molecule has 0 spiro atoms. The summed E-state index contributed by atoms with van der Waals surface area (Å²) in [6.45, 7) is 5.30. The molecule has 2 heterocycles. The maximum absolute atomic E-state index is 12.4. The van der Waals surface area contributed by atoms with Crippen LogP contribution in [0.25, 0.3) is 0 Å². The molecule has 5 heteroatoms. The molecule has 1 aromatic carbocycles. The summed E-state index contributed by atoms with van der Waals surface area (Å²) in [5, 5.41) is 0. The Bertz CT molecular complexity index is 667. The number of piperazine rings is 1. The Balaban J connectivity index is 1.50. The molecule has 1 amide bonds. The van der Waals surface area contributed by atoms with Gasteiger partial charge in [-0.25, -0.2) is 0 Å². The van der Waals surface area contributed by atoms with Gasteiger partial charge in [-0.05, 0) is 30.2 Å². The fourth-order valence-corrected chi connectivity index (χ4v) is 2.94. The number of para-hydroxylation sites is 1. The van der Waals surface area contributed by atoms with Crippen molar-refractivity contribution in [1.82, 2.24) is 9.88 Å². The van der Waals surface area contributed by atoms with Crippen LogP contribution in [0, 0.1) is 0 Å². The lowest BCUT2D eigenvalue weighted by Crippen LogP contribution is -2.50. The first-order chi connectivity index (χ1) is 11.8. The standard InChI is InChI=1S/C19H23N3O2/c1-2-16-5-3-4-6-18(16)24-15-19(23)22-13-11-21(12-14-22)17-7-9-20-10-8-17/h3-10H,2,11-15H2,1H3. The Hall–Kier alpha value is -2.56. The van der Waals surface area contributed by atoms with Crippen LogP contribution >= 0.6 is 0 Å². The van der Waals surface area contributed by atoms with Crippen molar-refractivity contribution in [2.45, 2.75) is 13.3 Å². The second-order valence-corrected chi connectivity index (χ2v) is 5.82. The van der Waals surface area contributed by atoms with Gasteiger partial charge in [-0.3, -0.25) is 9.78 Å². The molecule has 1 fully saturated rings. The van der Waals surface area contributed by atoms with Crippen LogP contribution in [0.1, 0.15) is 12.5 Å². The molecule has 1 aliphatic rings. The van der Waals surface area contributed by atoms with Crippen LogP contribution in [0.2, 0.25) is 0 Å². The molecule has 0 aliphatic carbocycles. The van der Waals surface area contributed by atoms with E-state index in [0.29, 0.717) is 0 Å². The summed E-state index contributed by atoms with van der Waals surface area (Å²) in [4.78, 5) is 20.6. The van der Waals surface area contributed by atoms with Gasteiger partial charge in [-0.15, -0.1) is 0 Å². The normalized spacial score (nSPS) is 14.5. The van der Waals surface area contributed by atoms with Crippen LogP contribution in [0.5, 0.6) is 5.75 Å². The molecule has 1 saturated heterocycles. The molecular formula is C19H23N3O2. The Morgan fingerprint density at radius 3 is 2.50 bits per heavy atom. The minimum absolute atomic E-state index is 0.0512. The predicted molar refractivity (Wildman–Crippen MR) is 94.3 cm³/mol. The molecular weight excluding hydrogens is 302 g/mol. The monoisotopic (exact) mass is 325 g/mol. The molecule has 0 bridgehead atoms. The highest BCUT2D eigenvalue weighted by Gasteiger charge is 2.21. The molecule has 5 nitrogen and oxygen atoms in total. The Labute approximate surface area is 142 Å². The number of carbonyl (C=O) groups excluding carboxylic acids is 1. The number of hydrogen-bond donors (Lipinski definition) is 0. The number of hydrogen-bond acceptors (Lipinski definition) is 4. The van der Waals surface area contributed by atoms with Gasteiger partial charge in [0.05, 0.1) is 0 Å². The van der Waals surface area contributed by atoms with E-state index < -0.39 is 0 Å². The lowest BCUT2D eigenvalue weighted by atomic mass is 10.1. The van der Waals surface area contributed by atoms with Crippen molar-refractivity contribution in [3.05, 3.63) is 54.4 Å². The second kappa shape index (κ2) is 7.81. The predicted octanol–water partition coefficient (Wildman–Crippen LogP) is 2.37. The SMILES string of the molecule is CCc1ccccc1OCC(=O)N1CCN(c2ccncc2)CC1. The molecule has 0 saturated carbocycles. The largest absolute Gasteiger partial charge is 0.483 e. The van der Waals surface area contributed by atoms with Crippen molar-refractivity contribution in [3.63, 3.8) is 0 Å². The summed E-state index contributed by atoms with van der Waals surface area (Å²) in [5.41, 5.74) is 2.29. The summed E-state index contributed by atoms with van der Waals surface area (Å²) in [5.74, 6) is 0.860. The van der Waals surface area contributed by atoms with Crippen molar-refractivity contribution in [2.75, 3.05) is 37.7 Å².